The van der Waals surface area contributed by atoms with Gasteiger partial charge in [-0.25, -0.2) is 0 Å². The van der Waals surface area contributed by atoms with Crippen LogP contribution in [0.1, 0.15) is 43.8 Å². The molecule has 1 heterocycles. The molecule has 0 spiro atoms. The maximum atomic E-state index is 10.3. The Balaban J connectivity index is 1.70. The number of hydrogen-bond donors (Lipinski definition) is 1. The van der Waals surface area contributed by atoms with E-state index in [1.165, 1.54) is 25.7 Å². The van der Waals surface area contributed by atoms with E-state index in [-0.39, 0.29) is 6.10 Å². The molecule has 18 heavy (non-hydrogen) atoms. The molecule has 0 amide bonds. The third-order valence-electron chi connectivity index (χ3n) is 3.98. The van der Waals surface area contributed by atoms with Crippen LogP contribution in [0.3, 0.4) is 0 Å². The maximum Gasteiger partial charge on any atom is 0.161 e. The quantitative estimate of drug-likeness (QED) is 0.893. The second-order valence-electron chi connectivity index (χ2n) is 5.31. The van der Waals surface area contributed by atoms with E-state index in [2.05, 4.69) is 0 Å². The van der Waals surface area contributed by atoms with E-state index < -0.39 is 0 Å². The zero-order valence-corrected chi connectivity index (χ0v) is 10.6. The molecule has 1 atom stereocenters. The topological polar surface area (TPSA) is 38.7 Å². The van der Waals surface area contributed by atoms with Gasteiger partial charge in [-0.05, 0) is 30.0 Å². The normalized spacial score (nSPS) is 20.9. The van der Waals surface area contributed by atoms with Gasteiger partial charge in [0.25, 0.3) is 0 Å². The summed E-state index contributed by atoms with van der Waals surface area (Å²) in [6.45, 7) is 1.20. The number of rotatable bonds is 3. The molecule has 1 unspecified atom stereocenters. The maximum absolute atomic E-state index is 10.3. The van der Waals surface area contributed by atoms with E-state index in [1.54, 1.807) is 0 Å². The summed E-state index contributed by atoms with van der Waals surface area (Å²) < 4.78 is 11.0. The summed E-state index contributed by atoms with van der Waals surface area (Å²) in [5, 5.41) is 10.3. The van der Waals surface area contributed by atoms with Crippen molar-refractivity contribution in [1.29, 1.82) is 0 Å². The van der Waals surface area contributed by atoms with Crippen molar-refractivity contribution >= 4 is 0 Å². The zero-order valence-electron chi connectivity index (χ0n) is 10.6. The SMILES string of the molecule is OC(CC1CCCC1)c1ccc2c(c1)OCCO2. The van der Waals surface area contributed by atoms with E-state index in [0.717, 1.165) is 23.5 Å². The molecule has 1 aliphatic carbocycles. The van der Waals surface area contributed by atoms with Crippen molar-refractivity contribution in [2.75, 3.05) is 13.2 Å². The summed E-state index contributed by atoms with van der Waals surface area (Å²) in [5.41, 5.74) is 0.950. The third-order valence-corrected chi connectivity index (χ3v) is 3.98. The Morgan fingerprint density at radius 3 is 2.61 bits per heavy atom. The van der Waals surface area contributed by atoms with Crippen LogP contribution in [0.15, 0.2) is 18.2 Å². The van der Waals surface area contributed by atoms with Gasteiger partial charge in [0.15, 0.2) is 11.5 Å². The molecule has 1 saturated carbocycles. The predicted molar refractivity (Wildman–Crippen MR) is 69.0 cm³/mol. The van der Waals surface area contributed by atoms with Crippen molar-refractivity contribution in [3.63, 3.8) is 0 Å². The molecule has 3 heteroatoms. The molecule has 0 bridgehead atoms. The summed E-state index contributed by atoms with van der Waals surface area (Å²) in [5.74, 6) is 2.25. The summed E-state index contributed by atoms with van der Waals surface area (Å²) in [7, 11) is 0. The van der Waals surface area contributed by atoms with E-state index >= 15 is 0 Å². The van der Waals surface area contributed by atoms with Gasteiger partial charge in [-0.2, -0.15) is 0 Å². The van der Waals surface area contributed by atoms with Crippen LogP contribution >= 0.6 is 0 Å². The number of benzene rings is 1. The average molecular weight is 248 g/mol. The summed E-state index contributed by atoms with van der Waals surface area (Å²) in [6, 6.07) is 5.78. The van der Waals surface area contributed by atoms with Gasteiger partial charge in [0.1, 0.15) is 13.2 Å². The lowest BCUT2D eigenvalue weighted by atomic mass is 9.95. The van der Waals surface area contributed by atoms with Gasteiger partial charge in [-0.15, -0.1) is 0 Å². The Hall–Kier alpha value is -1.22. The largest absolute Gasteiger partial charge is 0.486 e. The lowest BCUT2D eigenvalue weighted by Crippen LogP contribution is -2.15. The first-order valence-corrected chi connectivity index (χ1v) is 6.90. The van der Waals surface area contributed by atoms with E-state index in [9.17, 15) is 5.11 Å². The second-order valence-corrected chi connectivity index (χ2v) is 5.31. The zero-order chi connectivity index (χ0) is 12.4. The highest BCUT2D eigenvalue weighted by molar-refractivity contribution is 5.44. The Labute approximate surface area is 108 Å². The van der Waals surface area contributed by atoms with Gasteiger partial charge >= 0.3 is 0 Å². The summed E-state index contributed by atoms with van der Waals surface area (Å²) >= 11 is 0. The third kappa shape index (κ3) is 2.46. The van der Waals surface area contributed by atoms with Crippen LogP contribution < -0.4 is 9.47 Å². The molecule has 1 fully saturated rings. The predicted octanol–water partition coefficient (Wildman–Crippen LogP) is 3.07. The molecular formula is C15H20O3. The molecule has 0 aromatic heterocycles. The van der Waals surface area contributed by atoms with Crippen molar-refractivity contribution in [3.05, 3.63) is 23.8 Å². The van der Waals surface area contributed by atoms with Crippen LogP contribution in [0.5, 0.6) is 11.5 Å². The Bertz CT molecular complexity index is 410. The van der Waals surface area contributed by atoms with E-state index in [1.807, 2.05) is 18.2 Å². The number of ether oxygens (including phenoxy) is 2. The first-order valence-electron chi connectivity index (χ1n) is 6.90. The summed E-state index contributed by atoms with van der Waals surface area (Å²) in [6.07, 6.45) is 5.67. The highest BCUT2D eigenvalue weighted by Crippen LogP contribution is 2.36. The molecule has 1 aromatic carbocycles. The number of aliphatic hydroxyl groups is 1. The van der Waals surface area contributed by atoms with Crippen LogP contribution in [0.25, 0.3) is 0 Å². The highest BCUT2D eigenvalue weighted by Gasteiger charge is 2.21. The molecule has 1 aliphatic heterocycles. The van der Waals surface area contributed by atoms with Gasteiger partial charge in [-0.3, -0.25) is 0 Å². The molecule has 98 valence electrons. The van der Waals surface area contributed by atoms with Crippen molar-refractivity contribution in [2.24, 2.45) is 5.92 Å². The van der Waals surface area contributed by atoms with Gasteiger partial charge in [0, 0.05) is 0 Å². The lowest BCUT2D eigenvalue weighted by Gasteiger charge is -2.21. The highest BCUT2D eigenvalue weighted by atomic mass is 16.6. The molecule has 3 rings (SSSR count). The minimum Gasteiger partial charge on any atom is -0.486 e. The molecular weight excluding hydrogens is 228 g/mol. The number of hydrogen-bond acceptors (Lipinski definition) is 3. The minimum absolute atomic E-state index is 0.371. The fraction of sp³-hybridized carbons (Fsp3) is 0.600. The lowest BCUT2D eigenvalue weighted by molar-refractivity contribution is 0.142. The van der Waals surface area contributed by atoms with E-state index in [4.69, 9.17) is 9.47 Å². The fourth-order valence-electron chi connectivity index (χ4n) is 2.97. The summed E-state index contributed by atoms with van der Waals surface area (Å²) in [4.78, 5) is 0. The van der Waals surface area contributed by atoms with Gasteiger partial charge < -0.3 is 14.6 Å². The number of fused-ring (bicyclic) bond motifs is 1. The Morgan fingerprint density at radius 2 is 1.83 bits per heavy atom. The van der Waals surface area contributed by atoms with Crippen LogP contribution in [-0.4, -0.2) is 18.3 Å². The monoisotopic (exact) mass is 248 g/mol. The van der Waals surface area contributed by atoms with Crippen molar-refractivity contribution in [2.45, 2.75) is 38.2 Å². The van der Waals surface area contributed by atoms with E-state index in [0.29, 0.717) is 19.1 Å². The van der Waals surface area contributed by atoms with Crippen LogP contribution in [0.4, 0.5) is 0 Å². The molecule has 1 N–H and O–H groups in total. The smallest absolute Gasteiger partial charge is 0.161 e. The van der Waals surface area contributed by atoms with Gasteiger partial charge in [-0.1, -0.05) is 31.7 Å². The second kappa shape index (κ2) is 5.19. The molecule has 2 aliphatic rings. The molecule has 0 radical (unpaired) electrons. The first-order chi connectivity index (χ1) is 8.83. The standard InChI is InChI=1S/C15H20O3/c16-13(9-11-3-1-2-4-11)12-5-6-14-15(10-12)18-8-7-17-14/h5-6,10-11,13,16H,1-4,7-9H2. The van der Waals surface area contributed by atoms with Crippen LogP contribution in [-0.2, 0) is 0 Å². The molecule has 0 saturated heterocycles. The Morgan fingerprint density at radius 1 is 1.11 bits per heavy atom. The number of aliphatic hydroxyl groups excluding tert-OH is 1. The van der Waals surface area contributed by atoms with Gasteiger partial charge in [0.05, 0.1) is 6.10 Å². The van der Waals surface area contributed by atoms with Crippen molar-refractivity contribution in [3.8, 4) is 11.5 Å². The van der Waals surface area contributed by atoms with Crippen LogP contribution in [0, 0.1) is 5.92 Å². The van der Waals surface area contributed by atoms with Crippen molar-refractivity contribution < 1.29 is 14.6 Å². The fourth-order valence-corrected chi connectivity index (χ4v) is 2.97. The minimum atomic E-state index is -0.371. The van der Waals surface area contributed by atoms with Gasteiger partial charge in [0.2, 0.25) is 0 Å². The molecule has 3 nitrogen and oxygen atoms in total. The first kappa shape index (κ1) is 11.8. The van der Waals surface area contributed by atoms with Crippen molar-refractivity contribution in [1.82, 2.24) is 0 Å². The van der Waals surface area contributed by atoms with Crippen LogP contribution in [0.2, 0.25) is 0 Å². The molecule has 1 aromatic rings. The average Bonchev–Trinajstić information content (AvgIpc) is 2.91. The Kier molecular flexibility index (Phi) is 3.41.